The molecule has 5 nitrogen and oxygen atoms in total. The van der Waals surface area contributed by atoms with Crippen molar-refractivity contribution in [3.63, 3.8) is 0 Å². The van der Waals surface area contributed by atoms with Gasteiger partial charge in [-0.15, -0.1) is 0 Å². The van der Waals surface area contributed by atoms with Crippen LogP contribution >= 0.6 is 0 Å². The number of aliphatic hydroxyl groups is 3. The number of allylic oxidation sites excluding steroid dienone is 4. The lowest BCUT2D eigenvalue weighted by molar-refractivity contribution is -0.137. The standard InChI is InChI=1S/C20H31FO5/c1-2-3-11-16(21)17(22)12-8-6-4-5-7-9-13-18(23)19(24)14-10-15-20(25)26/h4-7,16-19,22-24H,2-3,9-11,13-15H2,1H3,(H,25,26)/t16-,17-,18+,19-/m0/s1. The Morgan fingerprint density at radius 1 is 1.08 bits per heavy atom. The van der Waals surface area contributed by atoms with Crippen LogP contribution in [0.25, 0.3) is 0 Å². The van der Waals surface area contributed by atoms with Crippen LogP contribution in [0.3, 0.4) is 0 Å². The number of unbranched alkanes of at least 4 members (excludes halogenated alkanes) is 1. The molecule has 0 amide bonds. The fourth-order valence-electron chi connectivity index (χ4n) is 2.17. The maximum atomic E-state index is 13.5. The normalized spacial score (nSPS) is 16.2. The third-order valence-corrected chi connectivity index (χ3v) is 3.80. The van der Waals surface area contributed by atoms with Crippen LogP contribution in [-0.2, 0) is 4.79 Å². The van der Waals surface area contributed by atoms with Gasteiger partial charge in [-0.25, -0.2) is 4.39 Å². The molecule has 0 heterocycles. The van der Waals surface area contributed by atoms with Gasteiger partial charge in [-0.3, -0.25) is 4.79 Å². The number of halogens is 1. The van der Waals surface area contributed by atoms with Crippen LogP contribution in [0.15, 0.2) is 24.3 Å². The summed E-state index contributed by atoms with van der Waals surface area (Å²) in [6, 6.07) is 0. The van der Waals surface area contributed by atoms with Crippen molar-refractivity contribution < 1.29 is 29.6 Å². The molecule has 0 saturated heterocycles. The van der Waals surface area contributed by atoms with E-state index in [1.807, 2.05) is 6.92 Å². The van der Waals surface area contributed by atoms with Gasteiger partial charge in [-0.2, -0.15) is 0 Å². The lowest BCUT2D eigenvalue weighted by Crippen LogP contribution is -2.25. The molecular weight excluding hydrogens is 339 g/mol. The van der Waals surface area contributed by atoms with Gasteiger partial charge in [0.25, 0.3) is 0 Å². The first kappa shape index (κ1) is 24.3. The second-order valence-electron chi connectivity index (χ2n) is 6.18. The van der Waals surface area contributed by atoms with E-state index in [1.165, 1.54) is 6.08 Å². The minimum Gasteiger partial charge on any atom is -0.481 e. The molecule has 0 radical (unpaired) electrons. The molecule has 6 heteroatoms. The van der Waals surface area contributed by atoms with Crippen LogP contribution in [0.4, 0.5) is 4.39 Å². The fourth-order valence-corrected chi connectivity index (χ4v) is 2.17. The Hall–Kier alpha value is -1.68. The highest BCUT2D eigenvalue weighted by Crippen LogP contribution is 2.10. The molecule has 0 aliphatic heterocycles. The van der Waals surface area contributed by atoms with Crippen LogP contribution in [0.1, 0.15) is 58.3 Å². The van der Waals surface area contributed by atoms with Gasteiger partial charge in [-0.1, -0.05) is 49.8 Å². The smallest absolute Gasteiger partial charge is 0.303 e. The second kappa shape index (κ2) is 15.6. The quantitative estimate of drug-likeness (QED) is 0.295. The van der Waals surface area contributed by atoms with Crippen molar-refractivity contribution in [3.05, 3.63) is 24.3 Å². The van der Waals surface area contributed by atoms with Crippen molar-refractivity contribution in [2.75, 3.05) is 0 Å². The minimum absolute atomic E-state index is 0.0219. The Morgan fingerprint density at radius 2 is 1.77 bits per heavy atom. The summed E-state index contributed by atoms with van der Waals surface area (Å²) in [6.07, 6.45) is 5.62. The SMILES string of the molecule is CCCC[C@H](F)[C@@H](O)C#CC=CC=CCC[C@@H](O)[C@@H](O)CCCC(=O)O. The first-order valence-corrected chi connectivity index (χ1v) is 9.11. The molecule has 0 unspecified atom stereocenters. The molecular formula is C20H31FO5. The third kappa shape index (κ3) is 13.6. The Balaban J connectivity index is 3.97. The topological polar surface area (TPSA) is 98.0 Å². The first-order valence-electron chi connectivity index (χ1n) is 9.11. The number of aliphatic hydroxyl groups excluding tert-OH is 3. The largest absolute Gasteiger partial charge is 0.481 e. The number of carbonyl (C=O) groups is 1. The Bertz CT molecular complexity index is 492. The summed E-state index contributed by atoms with van der Waals surface area (Å²) in [5, 5.41) is 37.5. The first-order chi connectivity index (χ1) is 12.4. The lowest BCUT2D eigenvalue weighted by atomic mass is 10.0. The molecule has 0 aromatic rings. The van der Waals surface area contributed by atoms with E-state index < -0.39 is 30.5 Å². The van der Waals surface area contributed by atoms with Gasteiger partial charge in [-0.05, 0) is 38.2 Å². The van der Waals surface area contributed by atoms with E-state index in [-0.39, 0.29) is 12.8 Å². The van der Waals surface area contributed by atoms with Crippen molar-refractivity contribution >= 4 is 5.97 Å². The molecule has 0 aliphatic rings. The van der Waals surface area contributed by atoms with E-state index in [9.17, 15) is 24.5 Å². The summed E-state index contributed by atoms with van der Waals surface area (Å²) in [6.45, 7) is 1.96. The van der Waals surface area contributed by atoms with E-state index in [0.717, 1.165) is 12.8 Å². The number of carboxylic acids is 1. The highest BCUT2D eigenvalue weighted by atomic mass is 19.1. The number of hydrogen-bond acceptors (Lipinski definition) is 4. The Morgan fingerprint density at radius 3 is 2.42 bits per heavy atom. The summed E-state index contributed by atoms with van der Waals surface area (Å²) in [5.74, 6) is 4.10. The van der Waals surface area contributed by atoms with Gasteiger partial charge in [0.1, 0.15) is 12.3 Å². The van der Waals surface area contributed by atoms with Crippen LogP contribution in [-0.4, -0.2) is 50.9 Å². The van der Waals surface area contributed by atoms with E-state index >= 15 is 0 Å². The van der Waals surface area contributed by atoms with Crippen molar-refractivity contribution in [1.82, 2.24) is 0 Å². The van der Waals surface area contributed by atoms with Crippen LogP contribution in [0.2, 0.25) is 0 Å². The molecule has 0 aliphatic carbocycles. The van der Waals surface area contributed by atoms with Gasteiger partial charge in [0.2, 0.25) is 0 Å². The van der Waals surface area contributed by atoms with Gasteiger partial charge in [0, 0.05) is 6.42 Å². The highest BCUT2D eigenvalue weighted by Gasteiger charge is 2.15. The summed E-state index contributed by atoms with van der Waals surface area (Å²) in [4.78, 5) is 10.4. The number of alkyl halides is 1. The van der Waals surface area contributed by atoms with Gasteiger partial charge in [0.05, 0.1) is 12.2 Å². The van der Waals surface area contributed by atoms with Crippen molar-refractivity contribution in [2.24, 2.45) is 0 Å². The zero-order valence-electron chi connectivity index (χ0n) is 15.4. The summed E-state index contributed by atoms with van der Waals surface area (Å²) >= 11 is 0. The molecule has 26 heavy (non-hydrogen) atoms. The number of aliphatic carboxylic acids is 1. The molecule has 0 aromatic heterocycles. The van der Waals surface area contributed by atoms with Crippen molar-refractivity contribution in [2.45, 2.75) is 82.8 Å². The van der Waals surface area contributed by atoms with E-state index in [4.69, 9.17) is 5.11 Å². The fraction of sp³-hybridized carbons (Fsp3) is 0.650. The van der Waals surface area contributed by atoms with Crippen molar-refractivity contribution in [3.8, 4) is 11.8 Å². The maximum absolute atomic E-state index is 13.5. The third-order valence-electron chi connectivity index (χ3n) is 3.80. The van der Waals surface area contributed by atoms with Gasteiger partial charge >= 0.3 is 5.97 Å². The predicted molar refractivity (Wildman–Crippen MR) is 99.2 cm³/mol. The molecule has 0 rings (SSSR count). The molecule has 0 saturated carbocycles. The average Bonchev–Trinajstić information content (AvgIpc) is 2.60. The second-order valence-corrected chi connectivity index (χ2v) is 6.18. The van der Waals surface area contributed by atoms with Crippen molar-refractivity contribution in [1.29, 1.82) is 0 Å². The zero-order valence-corrected chi connectivity index (χ0v) is 15.4. The molecule has 0 bridgehead atoms. The van der Waals surface area contributed by atoms with Crippen LogP contribution in [0.5, 0.6) is 0 Å². The Kier molecular flexibility index (Phi) is 14.6. The summed E-state index contributed by atoms with van der Waals surface area (Å²) in [5.41, 5.74) is 0. The zero-order chi connectivity index (χ0) is 19.8. The number of hydrogen-bond donors (Lipinski definition) is 4. The van der Waals surface area contributed by atoms with Crippen LogP contribution < -0.4 is 0 Å². The maximum Gasteiger partial charge on any atom is 0.303 e. The lowest BCUT2D eigenvalue weighted by Gasteiger charge is -2.16. The number of rotatable bonds is 13. The van der Waals surface area contributed by atoms with E-state index in [0.29, 0.717) is 25.7 Å². The Labute approximate surface area is 155 Å². The molecule has 4 N–H and O–H groups in total. The predicted octanol–water partition coefficient (Wildman–Crippen LogP) is 2.75. The highest BCUT2D eigenvalue weighted by molar-refractivity contribution is 5.66. The molecule has 0 fully saturated rings. The van der Waals surface area contributed by atoms with E-state index in [1.54, 1.807) is 18.2 Å². The summed E-state index contributed by atoms with van der Waals surface area (Å²) < 4.78 is 13.5. The molecule has 0 aromatic carbocycles. The average molecular weight is 370 g/mol. The minimum atomic E-state index is -1.32. The number of carboxylic acid groups (broad SMARTS) is 1. The molecule has 148 valence electrons. The van der Waals surface area contributed by atoms with E-state index in [2.05, 4.69) is 11.8 Å². The summed E-state index contributed by atoms with van der Waals surface area (Å²) in [7, 11) is 0. The van der Waals surface area contributed by atoms with Gasteiger partial charge < -0.3 is 20.4 Å². The molecule has 0 spiro atoms. The van der Waals surface area contributed by atoms with Gasteiger partial charge in [0.15, 0.2) is 0 Å². The molecule has 4 atom stereocenters. The monoisotopic (exact) mass is 370 g/mol. The van der Waals surface area contributed by atoms with Crippen LogP contribution in [0, 0.1) is 11.8 Å².